The van der Waals surface area contributed by atoms with E-state index in [-0.39, 0.29) is 6.10 Å². The molecule has 1 aliphatic rings. The molecule has 2 aromatic heterocycles. The van der Waals surface area contributed by atoms with Gasteiger partial charge in [-0.15, -0.1) is 0 Å². The molecule has 0 amide bonds. The highest BCUT2D eigenvalue weighted by Crippen LogP contribution is 2.22. The minimum atomic E-state index is 0.0744. The van der Waals surface area contributed by atoms with Crippen molar-refractivity contribution < 1.29 is 4.74 Å². The Morgan fingerprint density at radius 3 is 3.05 bits per heavy atom. The van der Waals surface area contributed by atoms with Crippen molar-refractivity contribution in [3.8, 4) is 5.88 Å². The first-order valence-electron chi connectivity index (χ1n) is 6.98. The van der Waals surface area contributed by atoms with Crippen LogP contribution in [-0.2, 0) is 7.05 Å². The van der Waals surface area contributed by atoms with Crippen molar-refractivity contribution in [3.63, 3.8) is 0 Å². The summed E-state index contributed by atoms with van der Waals surface area (Å²) in [5, 5.41) is 8.65. The fraction of sp³-hybridized carbons (Fsp3) is 0.333. The normalized spacial score (nSPS) is 13.4. The molecule has 3 heterocycles. The molecule has 0 bridgehead atoms. The van der Waals surface area contributed by atoms with E-state index < -0.39 is 0 Å². The van der Waals surface area contributed by atoms with Crippen LogP contribution in [0, 0.1) is 0 Å². The Kier molecular flexibility index (Phi) is 3.51. The monoisotopic (exact) mass is 285 g/mol. The first-order valence-corrected chi connectivity index (χ1v) is 6.98. The van der Waals surface area contributed by atoms with Gasteiger partial charge in [-0.05, 0) is 32.0 Å². The lowest BCUT2D eigenvalue weighted by Gasteiger charge is -2.18. The van der Waals surface area contributed by atoms with E-state index in [1.165, 1.54) is 0 Å². The highest BCUT2D eigenvalue weighted by molar-refractivity contribution is 5.67. The van der Waals surface area contributed by atoms with Gasteiger partial charge in [0.15, 0.2) is 0 Å². The molecule has 0 aromatic carbocycles. The van der Waals surface area contributed by atoms with E-state index >= 15 is 0 Å². The minimum absolute atomic E-state index is 0.0744. The number of hydrogen-bond acceptors (Lipinski definition) is 5. The molecule has 21 heavy (non-hydrogen) atoms. The molecule has 0 saturated carbocycles. The van der Waals surface area contributed by atoms with Crippen LogP contribution in [0.1, 0.15) is 13.8 Å². The summed E-state index contributed by atoms with van der Waals surface area (Å²) >= 11 is 0. The first kappa shape index (κ1) is 13.5. The van der Waals surface area contributed by atoms with Gasteiger partial charge >= 0.3 is 0 Å². The minimum Gasteiger partial charge on any atom is -0.473 e. The zero-order chi connectivity index (χ0) is 14.8. The van der Waals surface area contributed by atoms with Crippen LogP contribution in [0.5, 0.6) is 5.88 Å². The molecule has 0 atom stereocenters. The Morgan fingerprint density at radius 2 is 2.24 bits per heavy atom. The van der Waals surface area contributed by atoms with Crippen LogP contribution in [0.2, 0.25) is 0 Å². The van der Waals surface area contributed by atoms with E-state index in [0.29, 0.717) is 12.5 Å². The summed E-state index contributed by atoms with van der Waals surface area (Å²) in [5.41, 5.74) is 0.836. The number of aryl methyl sites for hydroxylation is 1. The van der Waals surface area contributed by atoms with Gasteiger partial charge in [-0.1, -0.05) is 0 Å². The summed E-state index contributed by atoms with van der Waals surface area (Å²) in [7, 11) is 2.00. The average Bonchev–Trinajstić information content (AvgIpc) is 2.83. The van der Waals surface area contributed by atoms with Gasteiger partial charge < -0.3 is 19.9 Å². The van der Waals surface area contributed by atoms with Crippen molar-refractivity contribution in [2.24, 2.45) is 12.0 Å². The molecule has 1 aliphatic heterocycles. The lowest BCUT2D eigenvalue weighted by atomic mass is 10.3. The molecule has 6 nitrogen and oxygen atoms in total. The molecule has 0 fully saturated rings. The second-order valence-electron chi connectivity index (χ2n) is 5.18. The molecule has 0 aliphatic carbocycles. The topological polar surface area (TPSA) is 63.5 Å². The largest absolute Gasteiger partial charge is 0.473 e. The zero-order valence-electron chi connectivity index (χ0n) is 12.4. The van der Waals surface area contributed by atoms with Crippen LogP contribution in [0.15, 0.2) is 35.6 Å². The quantitative estimate of drug-likeness (QED) is 0.862. The Hall–Kier alpha value is -2.50. The maximum absolute atomic E-state index is 5.74. The van der Waals surface area contributed by atoms with Crippen molar-refractivity contribution >= 4 is 11.5 Å². The van der Waals surface area contributed by atoms with E-state index in [2.05, 4.69) is 20.6 Å². The van der Waals surface area contributed by atoms with Gasteiger partial charge in [-0.25, -0.2) is 4.98 Å². The zero-order valence-corrected chi connectivity index (χ0v) is 12.4. The summed E-state index contributed by atoms with van der Waals surface area (Å²) in [6, 6.07) is 5.84. The molecular weight excluding hydrogens is 266 g/mol. The predicted molar refractivity (Wildman–Crippen MR) is 81.2 cm³/mol. The van der Waals surface area contributed by atoms with E-state index in [4.69, 9.17) is 4.74 Å². The Morgan fingerprint density at radius 1 is 1.38 bits per heavy atom. The van der Waals surface area contributed by atoms with Gasteiger partial charge in [-0.3, -0.25) is 4.99 Å². The summed E-state index contributed by atoms with van der Waals surface area (Å²) in [6.07, 6.45) is 3.80. The van der Waals surface area contributed by atoms with Gasteiger partial charge in [0.25, 0.3) is 0 Å². The number of aromatic nitrogens is 2. The van der Waals surface area contributed by atoms with Gasteiger partial charge in [-0.2, -0.15) is 0 Å². The molecule has 2 N–H and O–H groups in total. The van der Waals surface area contributed by atoms with Crippen LogP contribution >= 0.6 is 0 Å². The number of nitrogens with one attached hydrogen (secondary N) is 2. The molecular formula is C15H19N5O. The Labute approximate surface area is 123 Å². The van der Waals surface area contributed by atoms with Gasteiger partial charge in [0.05, 0.1) is 11.5 Å². The van der Waals surface area contributed by atoms with Crippen molar-refractivity contribution in [1.29, 1.82) is 0 Å². The molecule has 6 heteroatoms. The van der Waals surface area contributed by atoms with E-state index in [0.717, 1.165) is 22.2 Å². The molecule has 0 radical (unpaired) electrons. The lowest BCUT2D eigenvalue weighted by Crippen LogP contribution is -2.42. The van der Waals surface area contributed by atoms with Crippen LogP contribution in [0.3, 0.4) is 0 Å². The smallest absolute Gasteiger partial charge is 0.237 e. The number of nitrogens with zero attached hydrogens (tertiary/aromatic N) is 3. The SMILES string of the molecule is CC(C)Oc1ncccc1NC1=c2c(ccn2C)=NCN1. The highest BCUT2D eigenvalue weighted by atomic mass is 16.5. The molecule has 3 rings (SSSR count). The number of fused-ring (bicyclic) bond motifs is 1. The van der Waals surface area contributed by atoms with Gasteiger partial charge in [0, 0.05) is 19.4 Å². The molecule has 0 saturated heterocycles. The van der Waals surface area contributed by atoms with Gasteiger partial charge in [0.1, 0.15) is 23.5 Å². The third-order valence-corrected chi connectivity index (χ3v) is 3.17. The number of anilines is 1. The van der Waals surface area contributed by atoms with Crippen LogP contribution in [0.25, 0.3) is 5.82 Å². The molecule has 0 spiro atoms. The number of ether oxygens (including phenoxy) is 1. The number of pyridine rings is 1. The number of rotatable bonds is 4. The van der Waals surface area contributed by atoms with Gasteiger partial charge in [0.2, 0.25) is 5.88 Å². The van der Waals surface area contributed by atoms with Crippen LogP contribution < -0.4 is 26.1 Å². The fourth-order valence-corrected chi connectivity index (χ4v) is 2.28. The van der Waals surface area contributed by atoms with E-state index in [1.807, 2.05) is 49.9 Å². The summed E-state index contributed by atoms with van der Waals surface area (Å²) in [4.78, 5) is 8.73. The average molecular weight is 285 g/mol. The lowest BCUT2D eigenvalue weighted by molar-refractivity contribution is 0.234. The maximum atomic E-state index is 5.74. The van der Waals surface area contributed by atoms with Crippen molar-refractivity contribution in [2.75, 3.05) is 12.0 Å². The Balaban J connectivity index is 2.02. The van der Waals surface area contributed by atoms with Crippen molar-refractivity contribution in [2.45, 2.75) is 20.0 Å². The standard InChI is InChI=1S/C15H19N5O/c1-10(2)21-15-12(5-4-7-16-15)19-14-13-11(17-9-18-14)6-8-20(13)3/h4-8,10,18-19H,9H2,1-3H3. The fourth-order valence-electron chi connectivity index (χ4n) is 2.28. The van der Waals surface area contributed by atoms with Crippen LogP contribution in [0.4, 0.5) is 5.69 Å². The summed E-state index contributed by atoms with van der Waals surface area (Å²) < 4.78 is 7.78. The van der Waals surface area contributed by atoms with E-state index in [1.54, 1.807) is 6.20 Å². The molecule has 0 unspecified atom stereocenters. The molecule has 110 valence electrons. The van der Waals surface area contributed by atoms with E-state index in [9.17, 15) is 0 Å². The maximum Gasteiger partial charge on any atom is 0.237 e. The van der Waals surface area contributed by atoms with Crippen molar-refractivity contribution in [1.82, 2.24) is 14.9 Å². The van der Waals surface area contributed by atoms with Crippen molar-refractivity contribution in [3.05, 3.63) is 41.3 Å². The number of hydrogen-bond donors (Lipinski definition) is 2. The second kappa shape index (κ2) is 5.47. The highest BCUT2D eigenvalue weighted by Gasteiger charge is 2.12. The first-order chi connectivity index (χ1) is 10.1. The second-order valence-corrected chi connectivity index (χ2v) is 5.18. The summed E-state index contributed by atoms with van der Waals surface area (Å²) in [6.45, 7) is 4.53. The summed E-state index contributed by atoms with van der Waals surface area (Å²) in [5.74, 6) is 1.51. The third kappa shape index (κ3) is 2.69. The van der Waals surface area contributed by atoms with Crippen LogP contribution in [-0.4, -0.2) is 22.3 Å². The predicted octanol–water partition coefficient (Wildman–Crippen LogP) is 0.565. The molecule has 2 aromatic rings. The Bertz CT molecular complexity index is 763. The third-order valence-electron chi connectivity index (χ3n) is 3.17.